The van der Waals surface area contributed by atoms with Crippen molar-refractivity contribution in [2.24, 2.45) is 18.0 Å². The first-order valence-corrected chi connectivity index (χ1v) is 7.56. The molecule has 0 aliphatic heterocycles. The highest BCUT2D eigenvalue weighted by Crippen LogP contribution is 2.06. The molecule has 1 rings (SSSR count). The fourth-order valence-corrected chi connectivity index (χ4v) is 2.24. The summed E-state index contributed by atoms with van der Waals surface area (Å²) in [5.74, 6) is 1.77. The van der Waals surface area contributed by atoms with Gasteiger partial charge in [-0.1, -0.05) is 26.7 Å². The molecule has 122 valence electrons. The molecule has 0 aromatic carbocycles. The lowest BCUT2D eigenvalue weighted by atomic mass is 10.1. The van der Waals surface area contributed by atoms with E-state index < -0.39 is 0 Å². The van der Waals surface area contributed by atoms with Crippen molar-refractivity contribution in [3.63, 3.8) is 0 Å². The zero-order valence-electron chi connectivity index (χ0n) is 14.1. The van der Waals surface area contributed by atoms with Crippen LogP contribution in [-0.4, -0.2) is 36.1 Å². The molecule has 0 spiro atoms. The summed E-state index contributed by atoms with van der Waals surface area (Å²) in [6.07, 6.45) is 5.86. The summed E-state index contributed by atoms with van der Waals surface area (Å²) in [4.78, 5) is 6.52. The van der Waals surface area contributed by atoms with Gasteiger partial charge in [0, 0.05) is 39.6 Å². The summed E-state index contributed by atoms with van der Waals surface area (Å²) in [5.41, 5.74) is 1.29. The Morgan fingerprint density at radius 3 is 2.62 bits per heavy atom. The fraction of sp³-hybridized carbons (Fsp3) is 0.688. The molecule has 1 heterocycles. The first-order chi connectivity index (χ1) is 9.54. The number of aryl methyl sites for hydroxylation is 1. The van der Waals surface area contributed by atoms with E-state index in [9.17, 15) is 0 Å². The molecule has 0 radical (unpaired) electrons. The first-order valence-electron chi connectivity index (χ1n) is 7.56. The van der Waals surface area contributed by atoms with Crippen LogP contribution in [0.1, 0.15) is 38.8 Å². The summed E-state index contributed by atoms with van der Waals surface area (Å²) < 4.78 is 2.15. The van der Waals surface area contributed by atoms with E-state index in [4.69, 9.17) is 0 Å². The number of aliphatic imine (C=N–C) groups is 1. The number of rotatable bonds is 7. The van der Waals surface area contributed by atoms with Gasteiger partial charge in [-0.15, -0.1) is 24.0 Å². The Balaban J connectivity index is 0.00000400. The number of aromatic nitrogens is 1. The Kier molecular flexibility index (Phi) is 10.6. The van der Waals surface area contributed by atoms with Crippen LogP contribution in [0, 0.1) is 5.92 Å². The van der Waals surface area contributed by atoms with Gasteiger partial charge in [-0.3, -0.25) is 4.99 Å². The van der Waals surface area contributed by atoms with Crippen LogP contribution in [0.15, 0.2) is 23.3 Å². The van der Waals surface area contributed by atoms with Crippen molar-refractivity contribution in [1.29, 1.82) is 0 Å². The van der Waals surface area contributed by atoms with Crippen molar-refractivity contribution >= 4 is 29.9 Å². The third-order valence-electron chi connectivity index (χ3n) is 3.52. The zero-order valence-corrected chi connectivity index (χ0v) is 16.4. The summed E-state index contributed by atoms with van der Waals surface area (Å²) in [6.45, 7) is 6.42. The average molecular weight is 406 g/mol. The van der Waals surface area contributed by atoms with E-state index in [1.165, 1.54) is 25.0 Å². The Labute approximate surface area is 147 Å². The molecular weight excluding hydrogens is 375 g/mol. The normalized spacial score (nSPS) is 11.4. The monoisotopic (exact) mass is 406 g/mol. The van der Waals surface area contributed by atoms with Gasteiger partial charge in [0.1, 0.15) is 0 Å². The third-order valence-corrected chi connectivity index (χ3v) is 3.52. The smallest absolute Gasteiger partial charge is 0.193 e. The molecule has 0 atom stereocenters. The lowest BCUT2D eigenvalue weighted by Gasteiger charge is -2.22. The molecule has 1 N–H and O–H groups in total. The second kappa shape index (κ2) is 10.9. The molecule has 0 saturated carbocycles. The molecule has 1 aromatic rings. The van der Waals surface area contributed by atoms with Crippen LogP contribution in [0.5, 0.6) is 0 Å². The van der Waals surface area contributed by atoms with Gasteiger partial charge < -0.3 is 14.8 Å². The van der Waals surface area contributed by atoms with E-state index in [0.29, 0.717) is 0 Å². The predicted octanol–water partition coefficient (Wildman–Crippen LogP) is 3.48. The zero-order chi connectivity index (χ0) is 15.0. The summed E-state index contributed by atoms with van der Waals surface area (Å²) >= 11 is 0. The van der Waals surface area contributed by atoms with Gasteiger partial charge in [0.15, 0.2) is 5.96 Å². The van der Waals surface area contributed by atoms with E-state index in [2.05, 4.69) is 66.0 Å². The number of nitrogens with one attached hydrogen (secondary N) is 1. The van der Waals surface area contributed by atoms with E-state index in [0.717, 1.165) is 25.0 Å². The van der Waals surface area contributed by atoms with Crippen LogP contribution in [0.3, 0.4) is 0 Å². The SMILES string of the molecule is CN=C(NCCCCC(C)C)N(C)Cc1cccn1C.I. The molecule has 1 aromatic heterocycles. The van der Waals surface area contributed by atoms with Crippen LogP contribution in [0.4, 0.5) is 0 Å². The van der Waals surface area contributed by atoms with Crippen LogP contribution >= 0.6 is 24.0 Å². The van der Waals surface area contributed by atoms with E-state index in [1.807, 2.05) is 7.05 Å². The highest BCUT2D eigenvalue weighted by atomic mass is 127. The average Bonchev–Trinajstić information content (AvgIpc) is 2.79. The Morgan fingerprint density at radius 1 is 1.38 bits per heavy atom. The van der Waals surface area contributed by atoms with Crippen LogP contribution in [0.2, 0.25) is 0 Å². The molecule has 0 saturated heterocycles. The van der Waals surface area contributed by atoms with Crippen molar-refractivity contribution in [2.75, 3.05) is 20.6 Å². The molecular formula is C16H31IN4. The van der Waals surface area contributed by atoms with Gasteiger partial charge in [-0.05, 0) is 24.5 Å². The van der Waals surface area contributed by atoms with E-state index in [-0.39, 0.29) is 24.0 Å². The predicted molar refractivity (Wildman–Crippen MR) is 102 cm³/mol. The summed E-state index contributed by atoms with van der Waals surface area (Å²) in [5, 5.41) is 3.44. The standard InChI is InChI=1S/C16H30N4.HI/c1-14(2)9-6-7-11-18-16(17-3)20(5)13-15-10-8-12-19(15)4;/h8,10,12,14H,6-7,9,11,13H2,1-5H3,(H,17,18);1H. The number of hydrogen-bond acceptors (Lipinski definition) is 1. The van der Waals surface area contributed by atoms with E-state index >= 15 is 0 Å². The molecule has 0 amide bonds. The lowest BCUT2D eigenvalue weighted by Crippen LogP contribution is -2.39. The molecule has 0 unspecified atom stereocenters. The summed E-state index contributed by atoms with van der Waals surface area (Å²) in [7, 11) is 6.00. The molecule has 5 heteroatoms. The fourth-order valence-electron chi connectivity index (χ4n) is 2.24. The topological polar surface area (TPSA) is 32.6 Å². The number of unbranched alkanes of at least 4 members (excludes halogenated alkanes) is 1. The molecule has 21 heavy (non-hydrogen) atoms. The van der Waals surface area contributed by atoms with Crippen molar-refractivity contribution in [1.82, 2.24) is 14.8 Å². The first kappa shape index (κ1) is 20.3. The van der Waals surface area contributed by atoms with Crippen molar-refractivity contribution in [3.05, 3.63) is 24.0 Å². The second-order valence-electron chi connectivity index (χ2n) is 5.83. The maximum absolute atomic E-state index is 4.35. The summed E-state index contributed by atoms with van der Waals surface area (Å²) in [6, 6.07) is 4.22. The van der Waals surface area contributed by atoms with E-state index in [1.54, 1.807) is 0 Å². The maximum atomic E-state index is 4.35. The Bertz CT molecular complexity index is 412. The number of nitrogens with zero attached hydrogens (tertiary/aromatic N) is 3. The molecule has 4 nitrogen and oxygen atoms in total. The lowest BCUT2D eigenvalue weighted by molar-refractivity contribution is 0.457. The molecule has 0 fully saturated rings. The third kappa shape index (κ3) is 7.74. The minimum atomic E-state index is 0. The van der Waals surface area contributed by atoms with Crippen LogP contribution in [-0.2, 0) is 13.6 Å². The van der Waals surface area contributed by atoms with Crippen molar-refractivity contribution in [3.8, 4) is 0 Å². The van der Waals surface area contributed by atoms with Crippen LogP contribution < -0.4 is 5.32 Å². The Hall–Kier alpha value is -0.720. The van der Waals surface area contributed by atoms with Gasteiger partial charge in [-0.2, -0.15) is 0 Å². The minimum Gasteiger partial charge on any atom is -0.356 e. The van der Waals surface area contributed by atoms with Crippen molar-refractivity contribution < 1.29 is 0 Å². The molecule has 0 aliphatic rings. The van der Waals surface area contributed by atoms with Gasteiger partial charge in [0.2, 0.25) is 0 Å². The van der Waals surface area contributed by atoms with Crippen molar-refractivity contribution in [2.45, 2.75) is 39.7 Å². The quantitative estimate of drug-likeness (QED) is 0.326. The highest BCUT2D eigenvalue weighted by molar-refractivity contribution is 14.0. The maximum Gasteiger partial charge on any atom is 0.193 e. The number of guanidine groups is 1. The van der Waals surface area contributed by atoms with Gasteiger partial charge in [0.05, 0.1) is 6.54 Å². The Morgan fingerprint density at radius 2 is 2.10 bits per heavy atom. The van der Waals surface area contributed by atoms with Crippen LogP contribution in [0.25, 0.3) is 0 Å². The molecule has 0 aliphatic carbocycles. The van der Waals surface area contributed by atoms with Gasteiger partial charge in [-0.25, -0.2) is 0 Å². The van der Waals surface area contributed by atoms with Gasteiger partial charge >= 0.3 is 0 Å². The number of hydrogen-bond donors (Lipinski definition) is 1. The second-order valence-corrected chi connectivity index (χ2v) is 5.83. The highest BCUT2D eigenvalue weighted by Gasteiger charge is 2.07. The largest absolute Gasteiger partial charge is 0.356 e. The minimum absolute atomic E-state index is 0. The number of halogens is 1. The van der Waals surface area contributed by atoms with Gasteiger partial charge in [0.25, 0.3) is 0 Å². The molecule has 0 bridgehead atoms.